The van der Waals surface area contributed by atoms with Crippen LogP contribution in [-0.2, 0) is 13.1 Å². The van der Waals surface area contributed by atoms with Gasteiger partial charge in [-0.3, -0.25) is 24.0 Å². The molecule has 1 fully saturated rings. The lowest BCUT2D eigenvalue weighted by Gasteiger charge is -2.34. The van der Waals surface area contributed by atoms with Crippen LogP contribution in [0.5, 0.6) is 5.75 Å². The predicted octanol–water partition coefficient (Wildman–Crippen LogP) is 1.60. The van der Waals surface area contributed by atoms with Crippen molar-refractivity contribution in [3.8, 4) is 5.75 Å². The minimum absolute atomic E-state index is 0.212. The number of fused-ring (bicyclic) bond motifs is 1. The molecule has 1 N–H and O–H groups in total. The van der Waals surface area contributed by atoms with Gasteiger partial charge in [-0.05, 0) is 30.2 Å². The highest BCUT2D eigenvalue weighted by Gasteiger charge is 2.23. The molecule has 10 heteroatoms. The van der Waals surface area contributed by atoms with Gasteiger partial charge in [0.05, 0.1) is 18.1 Å². The molecule has 0 bridgehead atoms. The number of piperazine rings is 1. The fourth-order valence-corrected chi connectivity index (χ4v) is 4.07. The topological polar surface area (TPSA) is 101 Å². The van der Waals surface area contributed by atoms with Crippen LogP contribution in [0.4, 0.5) is 4.39 Å². The molecule has 2 aromatic heterocycles. The van der Waals surface area contributed by atoms with Crippen molar-refractivity contribution in [1.82, 2.24) is 24.3 Å². The molecule has 1 aliphatic rings. The van der Waals surface area contributed by atoms with Crippen molar-refractivity contribution in [2.45, 2.75) is 26.4 Å². The second kappa shape index (κ2) is 9.53. The second-order valence-electron chi connectivity index (χ2n) is 8.04. The van der Waals surface area contributed by atoms with E-state index in [-0.39, 0.29) is 22.7 Å². The molecule has 33 heavy (non-hydrogen) atoms. The SMILES string of the molecule is CCCn1c(=O)[nH]c(=O)c2cc(C(=O)N3CCN(Cc4ccc(OC)c(F)c4)CC3)cnc21. The zero-order valence-electron chi connectivity index (χ0n) is 18.6. The minimum atomic E-state index is -0.555. The number of hydrogen-bond donors (Lipinski definition) is 1. The summed E-state index contributed by atoms with van der Waals surface area (Å²) in [4.78, 5) is 47.9. The number of rotatable bonds is 6. The number of benzene rings is 1. The van der Waals surface area contributed by atoms with Gasteiger partial charge in [-0.2, -0.15) is 0 Å². The maximum absolute atomic E-state index is 13.9. The number of pyridine rings is 1. The van der Waals surface area contributed by atoms with Gasteiger partial charge in [0.1, 0.15) is 5.65 Å². The van der Waals surface area contributed by atoms with Crippen LogP contribution in [0.15, 0.2) is 40.1 Å². The van der Waals surface area contributed by atoms with Gasteiger partial charge in [0.15, 0.2) is 11.6 Å². The third kappa shape index (κ3) is 4.65. The Morgan fingerprint density at radius 1 is 1.18 bits per heavy atom. The minimum Gasteiger partial charge on any atom is -0.494 e. The van der Waals surface area contributed by atoms with Crippen LogP contribution >= 0.6 is 0 Å². The summed E-state index contributed by atoms with van der Waals surface area (Å²) in [5.41, 5.74) is 0.359. The Kier molecular flexibility index (Phi) is 6.55. The first-order chi connectivity index (χ1) is 15.9. The highest BCUT2D eigenvalue weighted by molar-refractivity contribution is 5.96. The van der Waals surface area contributed by atoms with Gasteiger partial charge >= 0.3 is 5.69 Å². The molecular weight excluding hydrogens is 429 g/mol. The molecule has 3 heterocycles. The van der Waals surface area contributed by atoms with E-state index < -0.39 is 17.1 Å². The van der Waals surface area contributed by atoms with Gasteiger partial charge in [0, 0.05) is 45.5 Å². The molecule has 1 aromatic carbocycles. The molecule has 1 saturated heterocycles. The number of carbonyl (C=O) groups is 1. The summed E-state index contributed by atoms with van der Waals surface area (Å²) in [6.07, 6.45) is 2.12. The zero-order valence-corrected chi connectivity index (χ0v) is 18.6. The quantitative estimate of drug-likeness (QED) is 0.606. The van der Waals surface area contributed by atoms with Crippen molar-refractivity contribution < 1.29 is 13.9 Å². The van der Waals surface area contributed by atoms with Crippen molar-refractivity contribution in [2.75, 3.05) is 33.3 Å². The number of carbonyl (C=O) groups excluding carboxylic acids is 1. The molecule has 174 valence electrons. The Bertz CT molecular complexity index is 1290. The third-order valence-electron chi connectivity index (χ3n) is 5.81. The second-order valence-corrected chi connectivity index (χ2v) is 8.04. The predicted molar refractivity (Wildman–Crippen MR) is 121 cm³/mol. The molecule has 0 radical (unpaired) electrons. The van der Waals surface area contributed by atoms with E-state index in [0.29, 0.717) is 51.3 Å². The number of methoxy groups -OCH3 is 1. The Hall–Kier alpha value is -3.53. The number of amides is 1. The molecule has 1 aliphatic heterocycles. The van der Waals surface area contributed by atoms with Gasteiger partial charge in [0.2, 0.25) is 0 Å². The Balaban J connectivity index is 1.46. The first-order valence-corrected chi connectivity index (χ1v) is 10.9. The van der Waals surface area contributed by atoms with Gasteiger partial charge in [-0.1, -0.05) is 13.0 Å². The molecule has 1 amide bonds. The van der Waals surface area contributed by atoms with E-state index in [0.717, 1.165) is 5.56 Å². The fourth-order valence-electron chi connectivity index (χ4n) is 4.07. The number of nitrogens with one attached hydrogen (secondary N) is 1. The van der Waals surface area contributed by atoms with Crippen LogP contribution in [0, 0.1) is 5.82 Å². The average Bonchev–Trinajstić information content (AvgIpc) is 2.81. The number of H-pyrrole nitrogens is 1. The van der Waals surface area contributed by atoms with Gasteiger partial charge in [0.25, 0.3) is 11.5 Å². The largest absolute Gasteiger partial charge is 0.494 e. The van der Waals surface area contributed by atoms with E-state index >= 15 is 0 Å². The van der Waals surface area contributed by atoms with E-state index in [1.807, 2.05) is 13.0 Å². The van der Waals surface area contributed by atoms with Gasteiger partial charge in [-0.25, -0.2) is 14.2 Å². The molecule has 0 unspecified atom stereocenters. The number of aryl methyl sites for hydroxylation is 1. The van der Waals surface area contributed by atoms with Crippen LogP contribution in [0.2, 0.25) is 0 Å². The molecular formula is C23H26FN5O4. The summed E-state index contributed by atoms with van der Waals surface area (Å²) in [5.74, 6) is -0.400. The number of aromatic nitrogens is 3. The standard InChI is InChI=1S/C23H26FN5O4/c1-3-6-29-20-17(21(30)26-23(29)32)12-16(13-25-20)22(31)28-9-7-27(8-10-28)14-15-4-5-19(33-2)18(24)11-15/h4-5,11-13H,3,6-10,14H2,1-2H3,(H,26,30,32). The van der Waals surface area contributed by atoms with Crippen LogP contribution in [0.1, 0.15) is 29.3 Å². The number of hydrogen-bond acceptors (Lipinski definition) is 6. The molecule has 4 rings (SSSR count). The van der Waals surface area contributed by atoms with E-state index in [1.165, 1.54) is 30.0 Å². The highest BCUT2D eigenvalue weighted by Crippen LogP contribution is 2.19. The smallest absolute Gasteiger partial charge is 0.329 e. The highest BCUT2D eigenvalue weighted by atomic mass is 19.1. The van der Waals surface area contributed by atoms with Gasteiger partial charge < -0.3 is 9.64 Å². The third-order valence-corrected chi connectivity index (χ3v) is 5.81. The van der Waals surface area contributed by atoms with E-state index in [4.69, 9.17) is 4.74 Å². The number of halogens is 1. The van der Waals surface area contributed by atoms with Crippen LogP contribution < -0.4 is 16.0 Å². The molecule has 0 atom stereocenters. The lowest BCUT2D eigenvalue weighted by atomic mass is 10.1. The van der Waals surface area contributed by atoms with E-state index in [2.05, 4.69) is 14.9 Å². The Morgan fingerprint density at radius 2 is 1.94 bits per heavy atom. The normalized spacial score (nSPS) is 14.6. The summed E-state index contributed by atoms with van der Waals surface area (Å²) in [5, 5.41) is 0.217. The summed E-state index contributed by atoms with van der Waals surface area (Å²) in [6.45, 7) is 5.19. The maximum Gasteiger partial charge on any atom is 0.329 e. The summed E-state index contributed by atoms with van der Waals surface area (Å²) in [7, 11) is 1.43. The van der Waals surface area contributed by atoms with Crippen LogP contribution in [0.25, 0.3) is 11.0 Å². The van der Waals surface area contributed by atoms with Crippen molar-refractivity contribution in [2.24, 2.45) is 0 Å². The summed E-state index contributed by atoms with van der Waals surface area (Å²) >= 11 is 0. The van der Waals surface area contributed by atoms with Crippen LogP contribution in [0.3, 0.4) is 0 Å². The Labute approximate surface area is 189 Å². The Morgan fingerprint density at radius 3 is 2.61 bits per heavy atom. The summed E-state index contributed by atoms with van der Waals surface area (Å²) in [6, 6.07) is 6.41. The lowest BCUT2D eigenvalue weighted by molar-refractivity contribution is 0.0628. The maximum atomic E-state index is 13.9. The monoisotopic (exact) mass is 455 g/mol. The van der Waals surface area contributed by atoms with Crippen molar-refractivity contribution in [3.05, 3.63) is 68.2 Å². The van der Waals surface area contributed by atoms with Crippen LogP contribution in [-0.4, -0.2) is 63.5 Å². The summed E-state index contributed by atoms with van der Waals surface area (Å²) < 4.78 is 20.3. The van der Waals surface area contributed by atoms with E-state index in [9.17, 15) is 18.8 Å². The first kappa shape index (κ1) is 22.7. The lowest BCUT2D eigenvalue weighted by Crippen LogP contribution is -2.48. The average molecular weight is 455 g/mol. The fraction of sp³-hybridized carbons (Fsp3) is 0.391. The molecule has 9 nitrogen and oxygen atoms in total. The first-order valence-electron chi connectivity index (χ1n) is 10.9. The zero-order chi connectivity index (χ0) is 23.5. The molecule has 0 spiro atoms. The molecule has 3 aromatic rings. The number of nitrogens with zero attached hydrogens (tertiary/aromatic N) is 4. The molecule has 0 saturated carbocycles. The van der Waals surface area contributed by atoms with Gasteiger partial charge in [-0.15, -0.1) is 0 Å². The number of aromatic amines is 1. The molecule has 0 aliphatic carbocycles. The van der Waals surface area contributed by atoms with Crippen molar-refractivity contribution in [3.63, 3.8) is 0 Å². The van der Waals surface area contributed by atoms with Crippen molar-refractivity contribution >= 4 is 16.9 Å². The van der Waals surface area contributed by atoms with Crippen molar-refractivity contribution in [1.29, 1.82) is 0 Å². The van der Waals surface area contributed by atoms with E-state index in [1.54, 1.807) is 11.0 Å². The number of ether oxygens (including phenoxy) is 1.